The number of aliphatic imine (C=N–C) groups is 1. The molecule has 0 aliphatic carbocycles. The van der Waals surface area contributed by atoms with Crippen LogP contribution < -0.4 is 0 Å². The van der Waals surface area contributed by atoms with Gasteiger partial charge in [0.05, 0.1) is 6.04 Å². The largest absolute Gasteiger partial charge is 0.339 e. The average molecular weight is 558 g/mol. The lowest BCUT2D eigenvalue weighted by molar-refractivity contribution is -0.135. The fourth-order valence-electron chi connectivity index (χ4n) is 5.43. The van der Waals surface area contributed by atoms with Gasteiger partial charge in [0.1, 0.15) is 10.4 Å². The highest BCUT2D eigenvalue weighted by Crippen LogP contribution is 2.56. The molecule has 2 aromatic carbocycles. The van der Waals surface area contributed by atoms with Crippen molar-refractivity contribution in [2.75, 3.05) is 26.2 Å². The lowest BCUT2D eigenvalue weighted by Gasteiger charge is -2.37. The Morgan fingerprint density at radius 3 is 2.03 bits per heavy atom. The maximum absolute atomic E-state index is 13.8. The summed E-state index contributed by atoms with van der Waals surface area (Å²) in [5.74, 6) is 0.156. The van der Waals surface area contributed by atoms with Gasteiger partial charge in [-0.2, -0.15) is 0 Å². The van der Waals surface area contributed by atoms with Crippen LogP contribution in [-0.2, 0) is 15.1 Å². The van der Waals surface area contributed by atoms with Gasteiger partial charge in [-0.15, -0.1) is 0 Å². The summed E-state index contributed by atoms with van der Waals surface area (Å²) < 4.78 is 0. The monoisotopic (exact) mass is 556 g/mol. The molecule has 3 aliphatic rings. The van der Waals surface area contributed by atoms with Gasteiger partial charge in [-0.3, -0.25) is 9.59 Å². The Morgan fingerprint density at radius 2 is 1.49 bits per heavy atom. The first kappa shape index (κ1) is 26.1. The number of hydrogen-bond acceptors (Lipinski definition) is 5. The number of rotatable bonds is 4. The van der Waals surface area contributed by atoms with E-state index in [1.807, 2.05) is 53.4 Å². The molecule has 6 nitrogen and oxygen atoms in total. The highest BCUT2D eigenvalue weighted by Gasteiger charge is 2.53. The van der Waals surface area contributed by atoms with E-state index in [4.69, 9.17) is 28.2 Å². The minimum absolute atomic E-state index is 0.0112. The van der Waals surface area contributed by atoms with E-state index in [0.717, 1.165) is 26.9 Å². The minimum atomic E-state index is -0.595. The lowest BCUT2D eigenvalue weighted by Crippen LogP contribution is -2.50. The van der Waals surface area contributed by atoms with Gasteiger partial charge < -0.3 is 14.7 Å². The molecule has 0 aromatic heterocycles. The van der Waals surface area contributed by atoms with Crippen LogP contribution in [0.5, 0.6) is 0 Å². The fraction of sp³-hybridized carbons (Fsp3) is 0.393. The molecule has 1 saturated heterocycles. The van der Waals surface area contributed by atoms with E-state index >= 15 is 0 Å². The number of carbonyl (C=O) groups is 2. The molecular formula is C28H30Cl2N4O2S. The standard InChI is InChI=1S/C28H30Cl2N4O2S/c1-17(2)23-24(26(36)33-15-13-32(14-16-33)18(3)35)37-27-31-28(4,20-7-11-22(30)12-8-20)25(34(23)27)19-5-9-21(29)10-6-19/h5-12,17,25H,13-16H2,1-4H3. The third-order valence-electron chi connectivity index (χ3n) is 7.38. The summed E-state index contributed by atoms with van der Waals surface area (Å²) in [5, 5.41) is 2.18. The van der Waals surface area contributed by atoms with Crippen LogP contribution >= 0.6 is 35.0 Å². The smallest absolute Gasteiger partial charge is 0.262 e. The highest BCUT2D eigenvalue weighted by atomic mass is 35.5. The molecule has 5 rings (SSSR count). The normalized spacial score (nSPS) is 23.6. The van der Waals surface area contributed by atoms with E-state index in [-0.39, 0.29) is 23.8 Å². The summed E-state index contributed by atoms with van der Waals surface area (Å²) in [6.07, 6.45) is 0. The molecule has 0 saturated carbocycles. The van der Waals surface area contributed by atoms with Crippen LogP contribution in [0.4, 0.5) is 0 Å². The second kappa shape index (κ2) is 10.0. The first-order valence-electron chi connectivity index (χ1n) is 12.5. The van der Waals surface area contributed by atoms with Gasteiger partial charge in [-0.25, -0.2) is 4.99 Å². The molecule has 3 heterocycles. The quantitative estimate of drug-likeness (QED) is 0.468. The van der Waals surface area contributed by atoms with Crippen LogP contribution in [-0.4, -0.2) is 57.9 Å². The number of nitrogens with zero attached hydrogens (tertiary/aromatic N) is 4. The third kappa shape index (κ3) is 4.66. The Balaban J connectivity index is 1.56. The summed E-state index contributed by atoms with van der Waals surface area (Å²) in [5.41, 5.74) is 2.52. The SMILES string of the molecule is CC(=O)N1CCN(C(=O)C2=C(C(C)C)N3C(=NC(C)(c4ccc(Cl)cc4)C3c3ccc(Cl)cc3)S2)CC1. The first-order chi connectivity index (χ1) is 17.6. The first-order valence-corrected chi connectivity index (χ1v) is 14.0. The molecule has 9 heteroatoms. The zero-order chi connectivity index (χ0) is 26.5. The van der Waals surface area contributed by atoms with Crippen molar-refractivity contribution in [2.24, 2.45) is 10.9 Å². The molecule has 1 fully saturated rings. The lowest BCUT2D eigenvalue weighted by atomic mass is 9.81. The molecule has 2 amide bonds. The van der Waals surface area contributed by atoms with Crippen molar-refractivity contribution in [3.05, 3.63) is 80.3 Å². The Bertz CT molecular complexity index is 1280. The summed E-state index contributed by atoms with van der Waals surface area (Å²) in [6.45, 7) is 10.1. The number of allylic oxidation sites excluding steroid dienone is 1. The number of hydrogen-bond donors (Lipinski definition) is 0. The fourth-order valence-corrected chi connectivity index (χ4v) is 7.06. The Labute approximate surface area is 232 Å². The van der Waals surface area contributed by atoms with E-state index in [2.05, 4.69) is 25.7 Å². The number of benzene rings is 2. The van der Waals surface area contributed by atoms with Gasteiger partial charge in [0.25, 0.3) is 5.91 Å². The predicted octanol–water partition coefficient (Wildman–Crippen LogP) is 5.93. The number of amidine groups is 1. The van der Waals surface area contributed by atoms with E-state index in [1.165, 1.54) is 11.8 Å². The number of thioether (sulfide) groups is 1. The number of amides is 2. The zero-order valence-electron chi connectivity index (χ0n) is 21.4. The van der Waals surface area contributed by atoms with Crippen molar-refractivity contribution in [1.82, 2.24) is 14.7 Å². The topological polar surface area (TPSA) is 56.2 Å². The summed E-state index contributed by atoms with van der Waals surface area (Å²) in [4.78, 5) is 37.5. The summed E-state index contributed by atoms with van der Waals surface area (Å²) in [6, 6.07) is 15.6. The van der Waals surface area contributed by atoms with Crippen molar-refractivity contribution in [3.8, 4) is 0 Å². The molecular weight excluding hydrogens is 527 g/mol. The van der Waals surface area contributed by atoms with Gasteiger partial charge in [-0.1, -0.05) is 61.3 Å². The van der Waals surface area contributed by atoms with E-state index in [9.17, 15) is 9.59 Å². The van der Waals surface area contributed by atoms with Crippen LogP contribution in [0, 0.1) is 5.92 Å². The van der Waals surface area contributed by atoms with Crippen LogP contribution in [0.2, 0.25) is 10.0 Å². The van der Waals surface area contributed by atoms with E-state index in [0.29, 0.717) is 36.2 Å². The maximum atomic E-state index is 13.8. The average Bonchev–Trinajstić information content (AvgIpc) is 3.37. The highest BCUT2D eigenvalue weighted by molar-refractivity contribution is 8.18. The van der Waals surface area contributed by atoms with Crippen molar-refractivity contribution in [2.45, 2.75) is 39.3 Å². The van der Waals surface area contributed by atoms with Crippen LogP contribution in [0.25, 0.3) is 0 Å². The molecule has 2 aromatic rings. The Kier molecular flexibility index (Phi) is 7.07. The number of fused-ring (bicyclic) bond motifs is 1. The molecule has 3 aliphatic heterocycles. The molecule has 37 heavy (non-hydrogen) atoms. The molecule has 0 radical (unpaired) electrons. The van der Waals surface area contributed by atoms with Gasteiger partial charge in [0.15, 0.2) is 5.17 Å². The van der Waals surface area contributed by atoms with Gasteiger partial charge in [-0.05, 0) is 60.0 Å². The third-order valence-corrected chi connectivity index (χ3v) is 8.94. The zero-order valence-corrected chi connectivity index (χ0v) is 23.7. The second-order valence-electron chi connectivity index (χ2n) is 10.1. The maximum Gasteiger partial charge on any atom is 0.262 e. The molecule has 0 spiro atoms. The van der Waals surface area contributed by atoms with E-state index in [1.54, 1.807) is 11.8 Å². The molecule has 2 atom stereocenters. The molecule has 0 bridgehead atoms. The summed E-state index contributed by atoms with van der Waals surface area (Å²) >= 11 is 13.9. The van der Waals surface area contributed by atoms with Crippen molar-refractivity contribution < 1.29 is 9.59 Å². The predicted molar refractivity (Wildman–Crippen MR) is 151 cm³/mol. The second-order valence-corrected chi connectivity index (χ2v) is 12.0. The molecule has 0 N–H and O–H groups in total. The minimum Gasteiger partial charge on any atom is -0.339 e. The molecule has 2 unspecified atom stereocenters. The number of piperazine rings is 1. The van der Waals surface area contributed by atoms with Crippen LogP contribution in [0.15, 0.2) is 64.1 Å². The van der Waals surface area contributed by atoms with Gasteiger partial charge >= 0.3 is 0 Å². The number of halogens is 2. The number of carbonyl (C=O) groups excluding carboxylic acids is 2. The van der Waals surface area contributed by atoms with Crippen LogP contribution in [0.1, 0.15) is 44.9 Å². The Morgan fingerprint density at radius 1 is 0.946 bits per heavy atom. The summed E-state index contributed by atoms with van der Waals surface area (Å²) in [7, 11) is 0. The van der Waals surface area contributed by atoms with Gasteiger partial charge in [0, 0.05) is 48.8 Å². The van der Waals surface area contributed by atoms with E-state index < -0.39 is 5.54 Å². The van der Waals surface area contributed by atoms with Crippen molar-refractivity contribution >= 4 is 51.9 Å². The van der Waals surface area contributed by atoms with Crippen molar-refractivity contribution in [3.63, 3.8) is 0 Å². The van der Waals surface area contributed by atoms with Gasteiger partial charge in [0.2, 0.25) is 5.91 Å². The van der Waals surface area contributed by atoms with Crippen molar-refractivity contribution in [1.29, 1.82) is 0 Å². The Hall–Kier alpha value is -2.48. The molecule has 194 valence electrons. The van der Waals surface area contributed by atoms with Crippen LogP contribution in [0.3, 0.4) is 0 Å².